The Morgan fingerprint density at radius 2 is 1.74 bits per heavy atom. The molecule has 3 aromatic carbocycles. The molecule has 39 heavy (non-hydrogen) atoms. The van der Waals surface area contributed by atoms with Crippen LogP contribution in [-0.2, 0) is 0 Å². The number of piperazine rings is 1. The smallest absolute Gasteiger partial charge is 0.321 e. The molecule has 1 fully saturated rings. The van der Waals surface area contributed by atoms with Crippen LogP contribution in [0.1, 0.15) is 25.7 Å². The maximum atomic E-state index is 13.7. The van der Waals surface area contributed by atoms with Crippen LogP contribution >= 0.6 is 23.2 Å². The third-order valence-electron chi connectivity index (χ3n) is 6.90. The van der Waals surface area contributed by atoms with E-state index >= 15 is 0 Å². The van der Waals surface area contributed by atoms with Crippen LogP contribution in [0.5, 0.6) is 5.75 Å². The van der Waals surface area contributed by atoms with Crippen LogP contribution < -0.4 is 15.6 Å². The molecule has 0 bridgehead atoms. The molecule has 1 aromatic heterocycles. The summed E-state index contributed by atoms with van der Waals surface area (Å²) < 4.78 is 7.27. The number of ether oxygens (including phenoxy) is 1. The molecule has 1 N–H and O–H groups in total. The van der Waals surface area contributed by atoms with Gasteiger partial charge in [-0.1, -0.05) is 35.3 Å². The van der Waals surface area contributed by atoms with E-state index in [4.69, 9.17) is 32.9 Å². The molecular formula is C29H29Cl2N5O3. The number of aromatic nitrogens is 2. The monoisotopic (exact) mass is 565 g/mol. The Hall–Kier alpha value is -3.59. The molecule has 8 nitrogen and oxygen atoms in total. The van der Waals surface area contributed by atoms with Crippen LogP contribution in [0.25, 0.3) is 16.6 Å². The van der Waals surface area contributed by atoms with Crippen molar-refractivity contribution < 1.29 is 9.53 Å². The number of hydrogen-bond donors (Lipinski definition) is 1. The van der Waals surface area contributed by atoms with Gasteiger partial charge in [0.05, 0.1) is 39.9 Å². The minimum atomic E-state index is -0.221. The maximum absolute atomic E-state index is 13.7. The van der Waals surface area contributed by atoms with Crippen molar-refractivity contribution in [2.75, 3.05) is 38.1 Å². The van der Waals surface area contributed by atoms with Gasteiger partial charge in [-0.05, 0) is 68.4 Å². The van der Waals surface area contributed by atoms with Crippen molar-refractivity contribution in [3.63, 3.8) is 0 Å². The van der Waals surface area contributed by atoms with Crippen LogP contribution in [0.4, 0.5) is 10.5 Å². The molecule has 0 radical (unpaired) electrons. The average Bonchev–Trinajstić information content (AvgIpc) is 2.95. The van der Waals surface area contributed by atoms with Gasteiger partial charge in [-0.15, -0.1) is 0 Å². The Kier molecular flexibility index (Phi) is 8.07. The summed E-state index contributed by atoms with van der Waals surface area (Å²) in [5, 5.41) is 4.32. The lowest BCUT2D eigenvalue weighted by molar-refractivity contribution is 0.115. The number of urea groups is 1. The van der Waals surface area contributed by atoms with Crippen molar-refractivity contribution in [2.45, 2.75) is 19.9 Å². The van der Waals surface area contributed by atoms with Crippen molar-refractivity contribution in [1.29, 1.82) is 0 Å². The largest absolute Gasteiger partial charge is 0.494 e. The Morgan fingerprint density at radius 1 is 1.03 bits per heavy atom. The molecule has 1 aliphatic heterocycles. The van der Waals surface area contributed by atoms with Gasteiger partial charge in [0.15, 0.2) is 0 Å². The van der Waals surface area contributed by atoms with Gasteiger partial charge in [0.2, 0.25) is 0 Å². The highest BCUT2D eigenvalue weighted by Gasteiger charge is 2.28. The predicted octanol–water partition coefficient (Wildman–Crippen LogP) is 6.00. The summed E-state index contributed by atoms with van der Waals surface area (Å²) in [6.07, 6.45) is 0. The molecule has 2 amide bonds. The Morgan fingerprint density at radius 3 is 2.44 bits per heavy atom. The predicted molar refractivity (Wildman–Crippen MR) is 156 cm³/mol. The van der Waals surface area contributed by atoms with Crippen LogP contribution in [-0.4, -0.2) is 58.2 Å². The van der Waals surface area contributed by atoms with Crippen molar-refractivity contribution in [3.05, 3.63) is 93.0 Å². The van der Waals surface area contributed by atoms with Gasteiger partial charge in [0.25, 0.3) is 5.56 Å². The first-order valence-electron chi connectivity index (χ1n) is 12.9. The first kappa shape index (κ1) is 27.0. The van der Waals surface area contributed by atoms with E-state index < -0.39 is 0 Å². The molecule has 1 saturated heterocycles. The molecule has 10 heteroatoms. The van der Waals surface area contributed by atoms with Gasteiger partial charge < -0.3 is 15.0 Å². The number of fused-ring (bicyclic) bond motifs is 1. The van der Waals surface area contributed by atoms with E-state index in [1.54, 1.807) is 33.7 Å². The topological polar surface area (TPSA) is 79.7 Å². The van der Waals surface area contributed by atoms with Gasteiger partial charge >= 0.3 is 6.03 Å². The Labute approximate surface area is 236 Å². The number of nitrogens with one attached hydrogen (secondary N) is 1. The number of nitrogens with zero attached hydrogens (tertiary/aromatic N) is 4. The van der Waals surface area contributed by atoms with E-state index in [0.29, 0.717) is 65.2 Å². The molecule has 4 aromatic rings. The second-order valence-electron chi connectivity index (χ2n) is 9.31. The van der Waals surface area contributed by atoms with Gasteiger partial charge in [0.1, 0.15) is 11.6 Å². The molecule has 0 saturated carbocycles. The number of amides is 2. The van der Waals surface area contributed by atoms with Crippen LogP contribution in [0.2, 0.25) is 10.0 Å². The van der Waals surface area contributed by atoms with E-state index in [1.165, 1.54) is 0 Å². The molecule has 0 aliphatic carbocycles. The number of anilines is 1. The summed E-state index contributed by atoms with van der Waals surface area (Å²) in [5.41, 5.74) is 1.77. The number of carbonyl (C=O) groups excluding carboxylic acids is 1. The van der Waals surface area contributed by atoms with Gasteiger partial charge in [-0.2, -0.15) is 0 Å². The zero-order chi connectivity index (χ0) is 27.5. The number of benzene rings is 3. The van der Waals surface area contributed by atoms with Crippen molar-refractivity contribution in [2.24, 2.45) is 0 Å². The molecule has 1 aliphatic rings. The van der Waals surface area contributed by atoms with Crippen molar-refractivity contribution >= 4 is 45.8 Å². The van der Waals surface area contributed by atoms with Crippen LogP contribution in [0.3, 0.4) is 0 Å². The van der Waals surface area contributed by atoms with Gasteiger partial charge in [-0.3, -0.25) is 14.3 Å². The number of carbonyl (C=O) groups is 1. The highest BCUT2D eigenvalue weighted by Crippen LogP contribution is 2.27. The third-order valence-corrected chi connectivity index (χ3v) is 7.45. The lowest BCUT2D eigenvalue weighted by Crippen LogP contribution is -2.51. The molecular weight excluding hydrogens is 537 g/mol. The summed E-state index contributed by atoms with van der Waals surface area (Å²) >= 11 is 12.2. The summed E-state index contributed by atoms with van der Waals surface area (Å²) in [6.45, 7) is 6.82. The fraction of sp³-hybridized carbons (Fsp3) is 0.276. The second-order valence-corrected chi connectivity index (χ2v) is 10.2. The highest BCUT2D eigenvalue weighted by molar-refractivity contribution is 6.36. The standard InChI is InChI=1S/C29H29Cl2N5O3/c1-3-39-22-11-9-21(10-12-22)36-27(32-25-7-5-4-6-23(25)28(36)37)19(2)34-14-16-35(17-15-34)29(38)33-26-13-8-20(30)18-24(26)31/h4-13,18-19H,3,14-17H2,1-2H3,(H,33,38). The zero-order valence-corrected chi connectivity index (χ0v) is 23.2. The SMILES string of the molecule is CCOc1ccc(-n2c(C(C)N3CCN(C(=O)Nc4ccc(Cl)cc4Cl)CC3)nc3ccccc3c2=O)cc1. The highest BCUT2D eigenvalue weighted by atomic mass is 35.5. The van der Waals surface area contributed by atoms with Gasteiger partial charge in [0, 0.05) is 31.2 Å². The fourth-order valence-corrected chi connectivity index (χ4v) is 5.25. The van der Waals surface area contributed by atoms with E-state index in [2.05, 4.69) is 10.2 Å². The molecule has 1 atom stereocenters. The quantitative estimate of drug-likeness (QED) is 0.310. The Balaban J connectivity index is 1.38. The van der Waals surface area contributed by atoms with E-state index in [1.807, 2.05) is 56.3 Å². The Bertz CT molecular complexity index is 1550. The number of hydrogen-bond acceptors (Lipinski definition) is 5. The van der Waals surface area contributed by atoms with E-state index in [9.17, 15) is 9.59 Å². The first-order chi connectivity index (χ1) is 18.9. The lowest BCUT2D eigenvalue weighted by atomic mass is 10.1. The molecule has 2 heterocycles. The van der Waals surface area contributed by atoms with Crippen LogP contribution in [0.15, 0.2) is 71.5 Å². The summed E-state index contributed by atoms with van der Waals surface area (Å²) in [7, 11) is 0. The fourth-order valence-electron chi connectivity index (χ4n) is 4.80. The first-order valence-corrected chi connectivity index (χ1v) is 13.6. The average molecular weight is 566 g/mol. The van der Waals surface area contributed by atoms with Gasteiger partial charge in [-0.25, -0.2) is 9.78 Å². The molecule has 1 unspecified atom stereocenters. The summed E-state index contributed by atoms with van der Waals surface area (Å²) in [5.74, 6) is 1.39. The molecule has 5 rings (SSSR count). The zero-order valence-electron chi connectivity index (χ0n) is 21.7. The van der Waals surface area contributed by atoms with E-state index in [-0.39, 0.29) is 17.6 Å². The minimum Gasteiger partial charge on any atom is -0.494 e. The second kappa shape index (κ2) is 11.7. The molecule has 202 valence electrons. The normalized spacial score (nSPS) is 14.8. The third kappa shape index (κ3) is 5.73. The summed E-state index contributed by atoms with van der Waals surface area (Å²) in [4.78, 5) is 35.5. The summed E-state index contributed by atoms with van der Waals surface area (Å²) in [6, 6.07) is 19.4. The molecule has 0 spiro atoms. The van der Waals surface area contributed by atoms with Crippen LogP contribution in [0, 0.1) is 0 Å². The number of halogens is 2. The minimum absolute atomic E-state index is 0.121. The van der Waals surface area contributed by atoms with Crippen molar-refractivity contribution in [1.82, 2.24) is 19.4 Å². The number of rotatable bonds is 6. The van der Waals surface area contributed by atoms with Crippen molar-refractivity contribution in [3.8, 4) is 11.4 Å². The maximum Gasteiger partial charge on any atom is 0.321 e. The lowest BCUT2D eigenvalue weighted by Gasteiger charge is -2.38. The van der Waals surface area contributed by atoms with E-state index in [0.717, 1.165) is 11.4 Å². The number of para-hydroxylation sites is 1.